The molecule has 0 heterocycles. The lowest BCUT2D eigenvalue weighted by atomic mass is 9.87. The lowest BCUT2D eigenvalue weighted by Crippen LogP contribution is -2.02. The Hall–Kier alpha value is -4.59. The number of hydrogen-bond donors (Lipinski definition) is 2. The van der Waals surface area contributed by atoms with Gasteiger partial charge < -0.3 is 9.79 Å². The highest BCUT2D eigenvalue weighted by Gasteiger charge is 2.19. The minimum absolute atomic E-state index is 0.548. The molecule has 0 aromatic heterocycles. The smallest absolute Gasteiger partial charge is 0.199 e. The maximum absolute atomic E-state index is 10.5. The molecule has 0 radical (unpaired) electrons. The van der Waals surface area contributed by atoms with Gasteiger partial charge in [-0.3, -0.25) is 0 Å². The van der Waals surface area contributed by atoms with Gasteiger partial charge in [0.2, 0.25) is 0 Å². The van der Waals surface area contributed by atoms with Crippen molar-refractivity contribution >= 4 is 73.6 Å². The summed E-state index contributed by atoms with van der Waals surface area (Å²) in [7, 11) is -2.28. The van der Waals surface area contributed by atoms with Gasteiger partial charge in [-0.05, 0) is 112 Å². The van der Waals surface area contributed by atoms with E-state index in [9.17, 15) is 9.79 Å². The molecular weight excluding hydrogens is 531 g/mol. The summed E-state index contributed by atoms with van der Waals surface area (Å²) < 4.78 is 0. The molecule has 1 aliphatic rings. The van der Waals surface area contributed by atoms with Crippen LogP contribution in [-0.4, -0.2) is 9.79 Å². The minimum atomic E-state index is -2.28. The molecule has 0 saturated heterocycles. The molecule has 2 nitrogen and oxygen atoms in total. The Morgan fingerprint density at radius 2 is 1.07 bits per heavy atom. The Kier molecular flexibility index (Phi) is 5.13. The van der Waals surface area contributed by atoms with E-state index in [2.05, 4.69) is 115 Å². The van der Waals surface area contributed by atoms with Crippen molar-refractivity contribution in [1.82, 2.24) is 0 Å². The van der Waals surface area contributed by atoms with Crippen LogP contribution in [0, 0.1) is 0 Å². The SMILES string of the molecule is OP(O)c1cc(-c2ccc3ccc4cccc5c4c3c2C=CC5)cc(-c2ccc3ccc4cccc5ccc2c3c45)c1. The lowest BCUT2D eigenvalue weighted by Gasteiger charge is -2.18. The largest absolute Gasteiger partial charge is 0.347 e. The molecule has 0 atom stereocenters. The van der Waals surface area contributed by atoms with Crippen LogP contribution in [0.3, 0.4) is 0 Å². The van der Waals surface area contributed by atoms with Crippen molar-refractivity contribution in [3.8, 4) is 22.3 Å². The molecule has 0 amide bonds. The van der Waals surface area contributed by atoms with Gasteiger partial charge in [-0.15, -0.1) is 0 Å². The van der Waals surface area contributed by atoms with Crippen LogP contribution in [0.4, 0.5) is 0 Å². The predicted molar refractivity (Wildman–Crippen MR) is 180 cm³/mol. The van der Waals surface area contributed by atoms with Crippen molar-refractivity contribution in [2.75, 3.05) is 0 Å². The fourth-order valence-electron chi connectivity index (χ4n) is 7.22. The summed E-state index contributed by atoms with van der Waals surface area (Å²) >= 11 is 0. The van der Waals surface area contributed by atoms with E-state index in [1.54, 1.807) is 0 Å². The Bertz CT molecular complexity index is 2400. The first-order chi connectivity index (χ1) is 20.6. The highest BCUT2D eigenvalue weighted by molar-refractivity contribution is 7.54. The van der Waals surface area contributed by atoms with Crippen molar-refractivity contribution < 1.29 is 9.79 Å². The second kappa shape index (κ2) is 8.95. The number of allylic oxidation sites excluding steroid dienone is 1. The summed E-state index contributed by atoms with van der Waals surface area (Å²) in [4.78, 5) is 21.0. The summed E-state index contributed by atoms with van der Waals surface area (Å²) in [5, 5.41) is 13.0. The summed E-state index contributed by atoms with van der Waals surface area (Å²) in [6, 6.07) is 41.1. The zero-order chi connectivity index (χ0) is 27.9. The molecule has 3 heteroatoms. The van der Waals surface area contributed by atoms with Gasteiger partial charge >= 0.3 is 0 Å². The number of benzene rings is 8. The van der Waals surface area contributed by atoms with Crippen LogP contribution in [0.5, 0.6) is 0 Å². The van der Waals surface area contributed by atoms with Gasteiger partial charge in [0, 0.05) is 5.30 Å². The first-order valence-corrected chi connectivity index (χ1v) is 15.5. The average Bonchev–Trinajstić information content (AvgIpc) is 3.23. The van der Waals surface area contributed by atoms with Crippen LogP contribution >= 0.6 is 8.38 Å². The first-order valence-electron chi connectivity index (χ1n) is 14.3. The van der Waals surface area contributed by atoms with Gasteiger partial charge in [0.05, 0.1) is 0 Å². The quantitative estimate of drug-likeness (QED) is 0.168. The van der Waals surface area contributed by atoms with E-state index in [0.29, 0.717) is 5.30 Å². The van der Waals surface area contributed by atoms with E-state index < -0.39 is 8.38 Å². The fraction of sp³-hybridized carbons (Fsp3) is 0.0256. The van der Waals surface area contributed by atoms with Crippen molar-refractivity contribution in [1.29, 1.82) is 0 Å². The number of rotatable bonds is 3. The van der Waals surface area contributed by atoms with Gasteiger partial charge in [-0.2, -0.15) is 0 Å². The fourth-order valence-corrected chi connectivity index (χ4v) is 7.73. The molecule has 198 valence electrons. The second-order valence-electron chi connectivity index (χ2n) is 11.3. The highest BCUT2D eigenvalue weighted by Crippen LogP contribution is 2.43. The third-order valence-electron chi connectivity index (χ3n) is 9.07. The van der Waals surface area contributed by atoms with Crippen molar-refractivity contribution in [2.24, 2.45) is 0 Å². The van der Waals surface area contributed by atoms with Crippen LogP contribution in [0.2, 0.25) is 0 Å². The van der Waals surface area contributed by atoms with E-state index in [1.807, 2.05) is 12.1 Å². The standard InChI is InChI=1S/C39H25O2P/c40-42(41)31-21-29(32-17-14-27-12-10-24-5-1-4-23-8-3-9-34(32)38(27)36(23)24)20-30(22-31)33-18-15-28-13-11-25-6-2-7-26-16-19-35(33)39(28)37(25)26/h1-7,9-22,40-41H,8H2. The van der Waals surface area contributed by atoms with E-state index in [-0.39, 0.29) is 0 Å². The van der Waals surface area contributed by atoms with Crippen molar-refractivity contribution in [3.05, 3.63) is 132 Å². The predicted octanol–water partition coefficient (Wildman–Crippen LogP) is 9.72. The Balaban J connectivity index is 1.34. The van der Waals surface area contributed by atoms with Crippen molar-refractivity contribution in [2.45, 2.75) is 6.42 Å². The normalized spacial score (nSPS) is 13.0. The molecular formula is C39H25O2P. The molecule has 2 N–H and O–H groups in total. The molecule has 0 fully saturated rings. The zero-order valence-corrected chi connectivity index (χ0v) is 23.6. The van der Waals surface area contributed by atoms with Crippen LogP contribution in [0.1, 0.15) is 11.1 Å². The zero-order valence-electron chi connectivity index (χ0n) is 22.7. The first kappa shape index (κ1) is 24.1. The maximum atomic E-state index is 10.5. The Morgan fingerprint density at radius 3 is 1.81 bits per heavy atom. The van der Waals surface area contributed by atoms with E-state index in [0.717, 1.165) is 28.7 Å². The maximum Gasteiger partial charge on any atom is 0.199 e. The topological polar surface area (TPSA) is 40.5 Å². The molecule has 8 aromatic carbocycles. The molecule has 0 aliphatic heterocycles. The van der Waals surface area contributed by atoms with Crippen LogP contribution in [0.15, 0.2) is 121 Å². The van der Waals surface area contributed by atoms with E-state index in [1.165, 1.54) is 65.0 Å². The molecule has 0 bridgehead atoms. The third kappa shape index (κ3) is 3.44. The average molecular weight is 557 g/mol. The number of hydrogen-bond acceptors (Lipinski definition) is 2. The van der Waals surface area contributed by atoms with Gasteiger partial charge in [0.25, 0.3) is 0 Å². The van der Waals surface area contributed by atoms with Gasteiger partial charge in [0.15, 0.2) is 8.38 Å². The Morgan fingerprint density at radius 1 is 0.500 bits per heavy atom. The molecule has 0 saturated carbocycles. The molecule has 1 aliphatic carbocycles. The van der Waals surface area contributed by atoms with Gasteiger partial charge in [0.1, 0.15) is 0 Å². The highest BCUT2D eigenvalue weighted by atomic mass is 31.2. The van der Waals surface area contributed by atoms with Gasteiger partial charge in [-0.1, -0.05) is 109 Å². The van der Waals surface area contributed by atoms with E-state index in [4.69, 9.17) is 0 Å². The molecule has 8 aromatic rings. The van der Waals surface area contributed by atoms with E-state index >= 15 is 0 Å². The molecule has 0 unspecified atom stereocenters. The van der Waals surface area contributed by atoms with Crippen molar-refractivity contribution in [3.63, 3.8) is 0 Å². The summed E-state index contributed by atoms with van der Waals surface area (Å²) in [6.45, 7) is 0. The minimum Gasteiger partial charge on any atom is -0.347 e. The summed E-state index contributed by atoms with van der Waals surface area (Å²) in [5.74, 6) is 0. The monoisotopic (exact) mass is 556 g/mol. The molecule has 0 spiro atoms. The molecule has 42 heavy (non-hydrogen) atoms. The summed E-state index contributed by atoms with van der Waals surface area (Å²) in [6.07, 6.45) is 5.39. The third-order valence-corrected chi connectivity index (χ3v) is 9.79. The van der Waals surface area contributed by atoms with Gasteiger partial charge in [-0.25, -0.2) is 0 Å². The second-order valence-corrected chi connectivity index (χ2v) is 12.4. The Labute approximate surface area is 244 Å². The summed E-state index contributed by atoms with van der Waals surface area (Å²) in [5.41, 5.74) is 6.68. The van der Waals surface area contributed by atoms with Crippen LogP contribution in [-0.2, 0) is 6.42 Å². The molecule has 9 rings (SSSR count). The lowest BCUT2D eigenvalue weighted by molar-refractivity contribution is 0.497. The van der Waals surface area contributed by atoms with Crippen LogP contribution in [0.25, 0.3) is 82.2 Å². The van der Waals surface area contributed by atoms with Crippen LogP contribution < -0.4 is 5.30 Å².